The Hall–Kier alpha value is 0.690. The molecule has 28 heavy (non-hydrogen) atoms. The average molecular weight is 424 g/mol. The Morgan fingerprint density at radius 2 is 0.857 bits per heavy atom. The number of rotatable bonds is 23. The second-order valence-corrected chi connectivity index (χ2v) is 8.29. The number of hydrogen-bond acceptors (Lipinski definition) is 2. The van der Waals surface area contributed by atoms with Crippen molar-refractivity contribution >= 4 is 43.7 Å². The van der Waals surface area contributed by atoms with Crippen LogP contribution in [0.2, 0.25) is 0 Å². The largest absolute Gasteiger partial charge is 0.480 e. The van der Waals surface area contributed by atoms with Gasteiger partial charge in [0, 0.05) is 37.7 Å². The number of nitrogens with one attached hydrogen (secondary N) is 1. The van der Waals surface area contributed by atoms with E-state index in [9.17, 15) is 4.79 Å². The van der Waals surface area contributed by atoms with E-state index in [4.69, 9.17) is 5.11 Å². The molecule has 2 radical (unpaired) electrons. The van der Waals surface area contributed by atoms with Crippen LogP contribution in [0, 0.1) is 0 Å². The molecule has 0 spiro atoms. The van der Waals surface area contributed by atoms with Gasteiger partial charge < -0.3 is 10.4 Å². The van der Waals surface area contributed by atoms with E-state index in [0.717, 1.165) is 13.0 Å². The summed E-state index contributed by atoms with van der Waals surface area (Å²) in [6.07, 6.45) is 27.9. The van der Waals surface area contributed by atoms with Crippen LogP contribution in [0.25, 0.3) is 0 Å². The molecule has 164 valence electrons. The van der Waals surface area contributed by atoms with Crippen molar-refractivity contribution < 1.29 is 9.90 Å². The molecule has 0 saturated carbocycles. The molecule has 0 aliphatic carbocycles. The number of carboxylic acid groups (broad SMARTS) is 1. The van der Waals surface area contributed by atoms with Crippen LogP contribution in [-0.2, 0) is 4.79 Å². The fraction of sp³-hybridized carbons (Fsp3) is 0.958. The normalized spacial score (nSPS) is 10.8. The summed E-state index contributed by atoms with van der Waals surface area (Å²) in [6, 6.07) is 0. The second-order valence-electron chi connectivity index (χ2n) is 8.29. The van der Waals surface area contributed by atoms with Crippen LogP contribution < -0.4 is 5.32 Å². The van der Waals surface area contributed by atoms with Crippen LogP contribution >= 0.6 is 0 Å². The summed E-state index contributed by atoms with van der Waals surface area (Å²) >= 11 is 0. The number of carbonyl (C=O) groups is 1. The van der Waals surface area contributed by atoms with Crippen molar-refractivity contribution in [2.45, 2.75) is 135 Å². The Kier molecular flexibility index (Phi) is 30.5. The van der Waals surface area contributed by atoms with Gasteiger partial charge in [0.15, 0.2) is 0 Å². The summed E-state index contributed by atoms with van der Waals surface area (Å²) in [5, 5.41) is 11.5. The molecule has 0 aromatic heterocycles. The first-order chi connectivity index (χ1) is 13.3. The number of unbranched alkanes of at least 4 members (excludes halogenated alkanes) is 19. The van der Waals surface area contributed by atoms with Crippen LogP contribution in [0.1, 0.15) is 135 Å². The van der Waals surface area contributed by atoms with Crippen molar-refractivity contribution in [2.75, 3.05) is 13.1 Å². The third-order valence-electron chi connectivity index (χ3n) is 5.48. The van der Waals surface area contributed by atoms with Gasteiger partial charge in [-0.15, -0.1) is 0 Å². The molecule has 0 unspecified atom stereocenters. The van der Waals surface area contributed by atoms with Crippen molar-refractivity contribution in [3.05, 3.63) is 0 Å². The first-order valence-electron chi connectivity index (χ1n) is 12.2. The SMILES string of the molecule is CCCCCCCCCCCCCCCCCCCCCCNCC(=O)O.[Ca]. The van der Waals surface area contributed by atoms with Crippen molar-refractivity contribution in [3.63, 3.8) is 0 Å². The Morgan fingerprint density at radius 3 is 1.14 bits per heavy atom. The number of carboxylic acids is 1. The second kappa shape index (κ2) is 27.7. The predicted octanol–water partition coefficient (Wildman–Crippen LogP) is 7.10. The first-order valence-corrected chi connectivity index (χ1v) is 12.2. The van der Waals surface area contributed by atoms with E-state index in [-0.39, 0.29) is 44.3 Å². The van der Waals surface area contributed by atoms with Crippen LogP contribution in [0.15, 0.2) is 0 Å². The van der Waals surface area contributed by atoms with E-state index >= 15 is 0 Å². The molecule has 0 aromatic rings. The van der Waals surface area contributed by atoms with Crippen LogP contribution in [0.4, 0.5) is 0 Å². The molecule has 0 amide bonds. The van der Waals surface area contributed by atoms with Gasteiger partial charge in [0.25, 0.3) is 0 Å². The van der Waals surface area contributed by atoms with Crippen molar-refractivity contribution in [3.8, 4) is 0 Å². The molecule has 0 rings (SSSR count). The molecule has 0 aromatic carbocycles. The summed E-state index contributed by atoms with van der Waals surface area (Å²) in [5.41, 5.74) is 0. The zero-order valence-corrected chi connectivity index (χ0v) is 21.3. The molecule has 3 nitrogen and oxygen atoms in total. The van der Waals surface area contributed by atoms with E-state index in [1.807, 2.05) is 0 Å². The fourth-order valence-electron chi connectivity index (χ4n) is 3.70. The topological polar surface area (TPSA) is 49.3 Å². The van der Waals surface area contributed by atoms with E-state index in [0.29, 0.717) is 0 Å². The summed E-state index contributed by atoms with van der Waals surface area (Å²) in [5.74, 6) is -0.761. The maximum Gasteiger partial charge on any atom is 0.317 e. The van der Waals surface area contributed by atoms with Gasteiger partial charge in [0.2, 0.25) is 0 Å². The van der Waals surface area contributed by atoms with Crippen LogP contribution in [0.3, 0.4) is 0 Å². The molecule has 0 heterocycles. The Balaban J connectivity index is 0. The molecule has 0 aliphatic heterocycles. The van der Waals surface area contributed by atoms with E-state index in [1.54, 1.807) is 0 Å². The molecule has 0 aliphatic rings. The zero-order valence-electron chi connectivity index (χ0n) is 19.1. The molecule has 2 N–H and O–H groups in total. The minimum atomic E-state index is -0.761. The van der Waals surface area contributed by atoms with Gasteiger partial charge in [-0.3, -0.25) is 4.79 Å². The zero-order chi connectivity index (χ0) is 19.8. The van der Waals surface area contributed by atoms with E-state index < -0.39 is 5.97 Å². The molecule has 0 atom stereocenters. The molecular weight excluding hydrogens is 374 g/mol. The average Bonchev–Trinajstić information content (AvgIpc) is 2.65. The predicted molar refractivity (Wildman–Crippen MR) is 124 cm³/mol. The molecule has 0 fully saturated rings. The van der Waals surface area contributed by atoms with Gasteiger partial charge in [0.1, 0.15) is 0 Å². The third-order valence-corrected chi connectivity index (χ3v) is 5.48. The van der Waals surface area contributed by atoms with Crippen molar-refractivity contribution in [2.24, 2.45) is 0 Å². The Labute approximate surface area is 206 Å². The fourth-order valence-corrected chi connectivity index (χ4v) is 3.70. The molecule has 0 saturated heterocycles. The summed E-state index contributed by atoms with van der Waals surface area (Å²) < 4.78 is 0. The van der Waals surface area contributed by atoms with Gasteiger partial charge >= 0.3 is 5.97 Å². The number of aliphatic carboxylic acids is 1. The summed E-state index contributed by atoms with van der Waals surface area (Å²) in [6.45, 7) is 3.22. The quantitative estimate of drug-likeness (QED) is 0.136. The van der Waals surface area contributed by atoms with Crippen LogP contribution in [0.5, 0.6) is 0 Å². The Bertz CT molecular complexity index is 300. The molecule has 0 bridgehead atoms. The van der Waals surface area contributed by atoms with Crippen molar-refractivity contribution in [1.82, 2.24) is 5.32 Å². The first kappa shape index (κ1) is 30.9. The van der Waals surface area contributed by atoms with Crippen LogP contribution in [-0.4, -0.2) is 61.9 Å². The summed E-state index contributed by atoms with van der Waals surface area (Å²) in [7, 11) is 0. The standard InChI is InChI=1S/C24H49NO2.Ca/c1-2-3-4-5-6-7-8-9-10-11-12-13-14-15-16-17-18-19-20-21-22-25-23-24(26)27;/h25H,2-23H2,1H3,(H,26,27);. The van der Waals surface area contributed by atoms with E-state index in [1.165, 1.54) is 122 Å². The van der Waals surface area contributed by atoms with Gasteiger partial charge in [-0.25, -0.2) is 0 Å². The molecule has 4 heteroatoms. The van der Waals surface area contributed by atoms with Gasteiger partial charge in [-0.2, -0.15) is 0 Å². The minimum absolute atomic E-state index is 0. The van der Waals surface area contributed by atoms with E-state index in [2.05, 4.69) is 12.2 Å². The van der Waals surface area contributed by atoms with Gasteiger partial charge in [-0.05, 0) is 13.0 Å². The maximum atomic E-state index is 10.3. The van der Waals surface area contributed by atoms with Gasteiger partial charge in [0.05, 0.1) is 6.54 Å². The monoisotopic (exact) mass is 423 g/mol. The molecular formula is C24H49CaNO2. The number of hydrogen-bond donors (Lipinski definition) is 2. The minimum Gasteiger partial charge on any atom is -0.480 e. The van der Waals surface area contributed by atoms with Gasteiger partial charge in [-0.1, -0.05) is 129 Å². The summed E-state index contributed by atoms with van der Waals surface area (Å²) in [4.78, 5) is 10.3. The smallest absolute Gasteiger partial charge is 0.317 e. The third kappa shape index (κ3) is 28.9. The Morgan fingerprint density at radius 1 is 0.571 bits per heavy atom. The maximum absolute atomic E-state index is 10.3. The van der Waals surface area contributed by atoms with Crippen molar-refractivity contribution in [1.29, 1.82) is 0 Å².